The van der Waals surface area contributed by atoms with Gasteiger partial charge >= 0.3 is 0 Å². The number of ether oxygens (including phenoxy) is 1. The Morgan fingerprint density at radius 2 is 1.59 bits per heavy atom. The van der Waals surface area contributed by atoms with Gasteiger partial charge in [0.25, 0.3) is 0 Å². The highest BCUT2D eigenvalue weighted by molar-refractivity contribution is 5.35. The number of nitrogens with zero attached hydrogens (tertiary/aromatic N) is 1. The zero-order chi connectivity index (χ0) is 16.7. The molecule has 0 saturated heterocycles. The fourth-order valence-electron chi connectivity index (χ4n) is 2.94. The van der Waals surface area contributed by atoms with Crippen molar-refractivity contribution in [2.24, 2.45) is 0 Å². The van der Waals surface area contributed by atoms with Crippen molar-refractivity contribution in [3.05, 3.63) is 60.4 Å². The van der Waals surface area contributed by atoms with Gasteiger partial charge in [0.05, 0.1) is 7.11 Å². The van der Waals surface area contributed by atoms with Crippen molar-refractivity contribution in [1.82, 2.24) is 4.90 Å². The predicted molar refractivity (Wildman–Crippen MR) is 96.1 cm³/mol. The highest BCUT2D eigenvalue weighted by Crippen LogP contribution is 2.31. The highest BCUT2D eigenvalue weighted by atomic mass is 16.5. The van der Waals surface area contributed by atoms with Gasteiger partial charge in [-0.05, 0) is 51.8 Å². The molecule has 122 valence electrons. The summed E-state index contributed by atoms with van der Waals surface area (Å²) >= 11 is 0. The van der Waals surface area contributed by atoms with Crippen molar-refractivity contribution in [2.45, 2.75) is 52.1 Å². The van der Waals surface area contributed by atoms with Crippen LogP contribution in [0.1, 0.15) is 45.6 Å². The summed E-state index contributed by atoms with van der Waals surface area (Å²) in [6.07, 6.45) is 1.02. The lowest BCUT2D eigenvalue weighted by Gasteiger charge is -2.32. The summed E-state index contributed by atoms with van der Waals surface area (Å²) < 4.78 is 5.31. The molecule has 0 bridgehead atoms. The maximum absolute atomic E-state index is 5.31. The summed E-state index contributed by atoms with van der Waals surface area (Å²) in [5.41, 5.74) is 2.25. The quantitative estimate of drug-likeness (QED) is 0.470. The maximum atomic E-state index is 5.31. The van der Waals surface area contributed by atoms with E-state index < -0.39 is 0 Å². The molecule has 0 aliphatic carbocycles. The van der Waals surface area contributed by atoms with E-state index in [-0.39, 0.29) is 5.92 Å². The standard InChI is InChI=1S/C20H31NO/c1-15(2)21(16(3)4)14-13-20(17(5)18(6)22-7)19-11-9-8-10-12-19/h8-12,15-16,20H,5-6,13-14H2,1-4,7H3. The second-order valence-electron chi connectivity index (χ2n) is 6.33. The minimum Gasteiger partial charge on any atom is -0.497 e. The lowest BCUT2D eigenvalue weighted by molar-refractivity contribution is 0.170. The van der Waals surface area contributed by atoms with Crippen LogP contribution in [0.15, 0.2) is 54.8 Å². The number of rotatable bonds is 9. The van der Waals surface area contributed by atoms with E-state index in [4.69, 9.17) is 4.74 Å². The van der Waals surface area contributed by atoms with Crippen LogP contribution in [0.4, 0.5) is 0 Å². The molecule has 0 N–H and O–H groups in total. The molecule has 0 spiro atoms. The van der Waals surface area contributed by atoms with Gasteiger partial charge in [-0.2, -0.15) is 0 Å². The average Bonchev–Trinajstić information content (AvgIpc) is 2.50. The van der Waals surface area contributed by atoms with E-state index in [1.807, 2.05) is 6.07 Å². The van der Waals surface area contributed by atoms with Gasteiger partial charge < -0.3 is 4.74 Å². The van der Waals surface area contributed by atoms with Gasteiger partial charge in [0, 0.05) is 18.0 Å². The van der Waals surface area contributed by atoms with Crippen molar-refractivity contribution in [2.75, 3.05) is 13.7 Å². The summed E-state index contributed by atoms with van der Waals surface area (Å²) in [5.74, 6) is 0.920. The molecule has 0 amide bonds. The van der Waals surface area contributed by atoms with E-state index in [1.165, 1.54) is 5.56 Å². The first-order valence-corrected chi connectivity index (χ1v) is 8.11. The molecule has 1 aromatic rings. The first-order chi connectivity index (χ1) is 10.4. The fraction of sp³-hybridized carbons (Fsp3) is 0.500. The molecular weight excluding hydrogens is 270 g/mol. The van der Waals surface area contributed by atoms with Gasteiger partial charge in [-0.1, -0.05) is 43.5 Å². The first kappa shape index (κ1) is 18.5. The Morgan fingerprint density at radius 3 is 2.05 bits per heavy atom. The monoisotopic (exact) mass is 301 g/mol. The van der Waals surface area contributed by atoms with Crippen molar-refractivity contribution < 1.29 is 4.74 Å². The molecular formula is C20H31NO. The fourth-order valence-corrected chi connectivity index (χ4v) is 2.94. The molecule has 0 heterocycles. The molecule has 1 unspecified atom stereocenters. The van der Waals surface area contributed by atoms with Crippen molar-refractivity contribution in [3.63, 3.8) is 0 Å². The van der Waals surface area contributed by atoms with Crippen molar-refractivity contribution >= 4 is 0 Å². The molecule has 0 aromatic heterocycles. The van der Waals surface area contributed by atoms with Crippen LogP contribution in [0.25, 0.3) is 0 Å². The maximum Gasteiger partial charge on any atom is 0.114 e. The Kier molecular flexibility index (Phi) is 7.40. The lowest BCUT2D eigenvalue weighted by Crippen LogP contribution is -2.38. The van der Waals surface area contributed by atoms with Crippen LogP contribution in [-0.2, 0) is 4.74 Å². The molecule has 0 saturated carbocycles. The lowest BCUT2D eigenvalue weighted by atomic mass is 9.88. The minimum atomic E-state index is 0.244. The second kappa shape index (κ2) is 8.79. The highest BCUT2D eigenvalue weighted by Gasteiger charge is 2.21. The van der Waals surface area contributed by atoms with E-state index >= 15 is 0 Å². The molecule has 22 heavy (non-hydrogen) atoms. The molecule has 1 atom stereocenters. The van der Waals surface area contributed by atoms with Crippen molar-refractivity contribution in [3.8, 4) is 0 Å². The minimum absolute atomic E-state index is 0.244. The Labute approximate surface area is 136 Å². The summed E-state index contributed by atoms with van der Waals surface area (Å²) in [6, 6.07) is 11.6. The molecule has 0 fully saturated rings. The Morgan fingerprint density at radius 1 is 1.05 bits per heavy atom. The van der Waals surface area contributed by atoms with Gasteiger partial charge in [-0.25, -0.2) is 0 Å². The second-order valence-corrected chi connectivity index (χ2v) is 6.33. The number of hydrogen-bond donors (Lipinski definition) is 0. The zero-order valence-corrected chi connectivity index (χ0v) is 14.8. The molecule has 2 heteroatoms. The van der Waals surface area contributed by atoms with Crippen LogP contribution >= 0.6 is 0 Å². The van der Waals surface area contributed by atoms with Crippen LogP contribution in [0.2, 0.25) is 0 Å². The smallest absolute Gasteiger partial charge is 0.114 e. The van der Waals surface area contributed by atoms with Crippen LogP contribution in [0, 0.1) is 0 Å². The van der Waals surface area contributed by atoms with E-state index in [0.717, 1.165) is 18.5 Å². The van der Waals surface area contributed by atoms with Gasteiger partial charge in [0.15, 0.2) is 0 Å². The first-order valence-electron chi connectivity index (χ1n) is 8.11. The molecule has 0 radical (unpaired) electrons. The predicted octanol–water partition coefficient (Wildman–Crippen LogP) is 5.00. The van der Waals surface area contributed by atoms with Crippen LogP contribution in [0.3, 0.4) is 0 Å². The third kappa shape index (κ3) is 5.03. The molecule has 1 aromatic carbocycles. The molecule has 1 rings (SSSR count). The Balaban J connectivity index is 2.92. The Bertz CT molecular complexity index is 468. The van der Waals surface area contributed by atoms with E-state index in [0.29, 0.717) is 17.8 Å². The summed E-state index contributed by atoms with van der Waals surface area (Å²) in [7, 11) is 1.66. The van der Waals surface area contributed by atoms with Crippen LogP contribution < -0.4 is 0 Å². The topological polar surface area (TPSA) is 12.5 Å². The summed E-state index contributed by atoms with van der Waals surface area (Å²) in [5, 5.41) is 0. The third-order valence-corrected chi connectivity index (χ3v) is 4.23. The number of hydrogen-bond acceptors (Lipinski definition) is 2. The van der Waals surface area contributed by atoms with E-state index in [9.17, 15) is 0 Å². The van der Waals surface area contributed by atoms with Gasteiger partial charge in [0.1, 0.15) is 5.76 Å². The molecule has 2 nitrogen and oxygen atoms in total. The van der Waals surface area contributed by atoms with E-state index in [2.05, 4.69) is 70.0 Å². The number of allylic oxidation sites excluding steroid dienone is 1. The van der Waals surface area contributed by atoms with Gasteiger partial charge in [-0.15, -0.1) is 0 Å². The van der Waals surface area contributed by atoms with Gasteiger partial charge in [-0.3, -0.25) is 4.90 Å². The SMILES string of the molecule is C=C(OC)C(=C)C(CCN(C(C)C)C(C)C)c1ccccc1. The number of benzene rings is 1. The molecule has 0 aliphatic rings. The summed E-state index contributed by atoms with van der Waals surface area (Å²) in [4.78, 5) is 2.51. The van der Waals surface area contributed by atoms with Crippen molar-refractivity contribution in [1.29, 1.82) is 0 Å². The van der Waals surface area contributed by atoms with Crippen LogP contribution in [0.5, 0.6) is 0 Å². The largest absolute Gasteiger partial charge is 0.497 e. The zero-order valence-electron chi connectivity index (χ0n) is 14.8. The third-order valence-electron chi connectivity index (χ3n) is 4.23. The van der Waals surface area contributed by atoms with E-state index in [1.54, 1.807) is 7.11 Å². The summed E-state index contributed by atoms with van der Waals surface area (Å²) in [6.45, 7) is 18.2. The van der Waals surface area contributed by atoms with Gasteiger partial charge in [0.2, 0.25) is 0 Å². The average molecular weight is 301 g/mol. The number of methoxy groups -OCH3 is 1. The Hall–Kier alpha value is -1.54. The van der Waals surface area contributed by atoms with Crippen LogP contribution in [-0.4, -0.2) is 30.6 Å². The molecule has 0 aliphatic heterocycles. The normalized spacial score (nSPS) is 12.7.